The summed E-state index contributed by atoms with van der Waals surface area (Å²) in [5.74, 6) is -0.535. The number of carbonyl (C=O) groups is 2. The maximum absolute atomic E-state index is 11.4. The lowest BCUT2D eigenvalue weighted by atomic mass is 10.1. The molecule has 0 aliphatic carbocycles. The van der Waals surface area contributed by atoms with Crippen LogP contribution in [0.25, 0.3) is 0 Å². The summed E-state index contributed by atoms with van der Waals surface area (Å²) in [4.78, 5) is 22.7. The number of rotatable bonds is 8. The maximum atomic E-state index is 11.4. The number of ether oxygens (including phenoxy) is 2. The van der Waals surface area contributed by atoms with Gasteiger partial charge in [0.25, 0.3) is 0 Å². The molecule has 0 rings (SSSR count). The van der Waals surface area contributed by atoms with E-state index in [4.69, 9.17) is 9.47 Å². The van der Waals surface area contributed by atoms with Crippen molar-refractivity contribution in [3.8, 4) is 0 Å². The van der Waals surface area contributed by atoms with Gasteiger partial charge in [0.1, 0.15) is 6.10 Å². The van der Waals surface area contributed by atoms with E-state index in [9.17, 15) is 9.59 Å². The highest BCUT2D eigenvalue weighted by Gasteiger charge is 2.15. The van der Waals surface area contributed by atoms with Crippen molar-refractivity contribution in [3.63, 3.8) is 0 Å². The van der Waals surface area contributed by atoms with Gasteiger partial charge in [-0.05, 0) is 19.3 Å². The van der Waals surface area contributed by atoms with Crippen molar-refractivity contribution in [1.29, 1.82) is 0 Å². The molecule has 0 N–H and O–H groups in total. The molecule has 0 bridgehead atoms. The number of carbonyl (C=O) groups excluding carboxylic acids is 2. The summed E-state index contributed by atoms with van der Waals surface area (Å²) in [6.07, 6.45) is 2.18. The molecule has 0 spiro atoms. The summed E-state index contributed by atoms with van der Waals surface area (Å²) in [7, 11) is 0. The van der Waals surface area contributed by atoms with Crippen LogP contribution in [0.4, 0.5) is 0 Å². The lowest BCUT2D eigenvalue weighted by Crippen LogP contribution is -2.22. The van der Waals surface area contributed by atoms with Gasteiger partial charge in [0.05, 0.1) is 18.4 Å². The van der Waals surface area contributed by atoms with Crippen LogP contribution in [0.2, 0.25) is 0 Å². The van der Waals surface area contributed by atoms with Crippen molar-refractivity contribution >= 4 is 11.9 Å². The maximum Gasteiger partial charge on any atom is 0.308 e. The standard InChI is InChI=1S/C14H26O4/c1-6-12(18-14(16)11(4)5)8-7-9-17-13(15)10(2)3/h10-12H,6-9H2,1-5H3. The molecule has 18 heavy (non-hydrogen) atoms. The van der Waals surface area contributed by atoms with E-state index >= 15 is 0 Å². The average molecular weight is 258 g/mol. The van der Waals surface area contributed by atoms with Crippen LogP contribution in [0.3, 0.4) is 0 Å². The molecular formula is C14H26O4. The van der Waals surface area contributed by atoms with Gasteiger partial charge in [-0.1, -0.05) is 34.6 Å². The van der Waals surface area contributed by atoms with Crippen molar-refractivity contribution in [2.75, 3.05) is 6.61 Å². The SMILES string of the molecule is CCC(CCCOC(=O)C(C)C)OC(=O)C(C)C. The summed E-state index contributed by atoms with van der Waals surface area (Å²) in [5.41, 5.74) is 0. The molecule has 4 nitrogen and oxygen atoms in total. The summed E-state index contributed by atoms with van der Waals surface area (Å²) in [6.45, 7) is 9.63. The van der Waals surface area contributed by atoms with Crippen molar-refractivity contribution in [3.05, 3.63) is 0 Å². The van der Waals surface area contributed by atoms with Gasteiger partial charge in [-0.15, -0.1) is 0 Å². The lowest BCUT2D eigenvalue weighted by molar-refractivity contribution is -0.154. The van der Waals surface area contributed by atoms with Crippen LogP contribution in [0.1, 0.15) is 53.9 Å². The van der Waals surface area contributed by atoms with Crippen LogP contribution in [0.15, 0.2) is 0 Å². The second-order valence-corrected chi connectivity index (χ2v) is 5.09. The topological polar surface area (TPSA) is 52.6 Å². The van der Waals surface area contributed by atoms with E-state index < -0.39 is 0 Å². The van der Waals surface area contributed by atoms with Gasteiger partial charge >= 0.3 is 11.9 Å². The van der Waals surface area contributed by atoms with Crippen LogP contribution in [0, 0.1) is 11.8 Å². The molecule has 0 fully saturated rings. The first-order valence-electron chi connectivity index (χ1n) is 6.75. The molecule has 1 atom stereocenters. The highest BCUT2D eigenvalue weighted by molar-refractivity contribution is 5.72. The predicted octanol–water partition coefficient (Wildman–Crippen LogP) is 2.94. The van der Waals surface area contributed by atoms with Gasteiger partial charge in [-0.3, -0.25) is 9.59 Å². The number of hydrogen-bond acceptors (Lipinski definition) is 4. The average Bonchev–Trinajstić information content (AvgIpc) is 2.31. The van der Waals surface area contributed by atoms with E-state index in [-0.39, 0.29) is 29.9 Å². The highest BCUT2D eigenvalue weighted by Crippen LogP contribution is 2.10. The summed E-state index contributed by atoms with van der Waals surface area (Å²) < 4.78 is 10.4. The monoisotopic (exact) mass is 258 g/mol. The molecule has 1 unspecified atom stereocenters. The summed E-state index contributed by atoms with van der Waals surface area (Å²) in [5, 5.41) is 0. The number of hydrogen-bond donors (Lipinski definition) is 0. The Hall–Kier alpha value is -1.06. The van der Waals surface area contributed by atoms with Gasteiger partial charge in [0, 0.05) is 0 Å². The third kappa shape index (κ3) is 7.30. The fourth-order valence-electron chi connectivity index (χ4n) is 1.30. The highest BCUT2D eigenvalue weighted by atomic mass is 16.5. The predicted molar refractivity (Wildman–Crippen MR) is 70.0 cm³/mol. The molecule has 0 heterocycles. The first kappa shape index (κ1) is 16.9. The quantitative estimate of drug-likeness (QED) is 0.496. The molecule has 4 heteroatoms. The number of esters is 2. The molecular weight excluding hydrogens is 232 g/mol. The first-order valence-corrected chi connectivity index (χ1v) is 6.75. The van der Waals surface area contributed by atoms with E-state index in [1.807, 2.05) is 34.6 Å². The molecule has 0 radical (unpaired) electrons. The van der Waals surface area contributed by atoms with Gasteiger partial charge in [0.2, 0.25) is 0 Å². The Morgan fingerprint density at radius 3 is 2.00 bits per heavy atom. The zero-order valence-corrected chi connectivity index (χ0v) is 12.2. The van der Waals surface area contributed by atoms with Gasteiger partial charge in [-0.25, -0.2) is 0 Å². The van der Waals surface area contributed by atoms with E-state index in [1.54, 1.807) is 0 Å². The van der Waals surface area contributed by atoms with Gasteiger partial charge in [-0.2, -0.15) is 0 Å². The Morgan fingerprint density at radius 1 is 1.00 bits per heavy atom. The largest absolute Gasteiger partial charge is 0.465 e. The third-order valence-corrected chi connectivity index (χ3v) is 2.60. The minimum absolute atomic E-state index is 0.0716. The molecule has 106 valence electrons. The second kappa shape index (κ2) is 8.95. The van der Waals surface area contributed by atoms with E-state index in [1.165, 1.54) is 0 Å². The molecule has 0 aliphatic heterocycles. The van der Waals surface area contributed by atoms with Crippen molar-refractivity contribution in [2.24, 2.45) is 11.8 Å². The smallest absolute Gasteiger partial charge is 0.308 e. The van der Waals surface area contributed by atoms with Crippen LogP contribution >= 0.6 is 0 Å². The molecule has 0 aromatic heterocycles. The normalized spacial score (nSPS) is 12.6. The van der Waals surface area contributed by atoms with Gasteiger partial charge < -0.3 is 9.47 Å². The third-order valence-electron chi connectivity index (χ3n) is 2.60. The Bertz CT molecular complexity index is 259. The molecule has 0 amide bonds. The first-order chi connectivity index (χ1) is 8.38. The zero-order valence-electron chi connectivity index (χ0n) is 12.2. The van der Waals surface area contributed by atoms with E-state index in [0.717, 1.165) is 19.3 Å². The Kier molecular flexibility index (Phi) is 8.42. The molecule has 0 saturated carbocycles. The summed E-state index contributed by atoms with van der Waals surface area (Å²) >= 11 is 0. The molecule has 0 aliphatic rings. The Balaban J connectivity index is 3.81. The Morgan fingerprint density at radius 2 is 1.56 bits per heavy atom. The van der Waals surface area contributed by atoms with Crippen LogP contribution in [0.5, 0.6) is 0 Å². The van der Waals surface area contributed by atoms with Crippen LogP contribution in [-0.2, 0) is 19.1 Å². The Labute approximate surface area is 110 Å². The van der Waals surface area contributed by atoms with E-state index in [0.29, 0.717) is 6.61 Å². The fourth-order valence-corrected chi connectivity index (χ4v) is 1.30. The van der Waals surface area contributed by atoms with Crippen LogP contribution in [-0.4, -0.2) is 24.6 Å². The molecule has 0 saturated heterocycles. The van der Waals surface area contributed by atoms with E-state index in [2.05, 4.69) is 0 Å². The second-order valence-electron chi connectivity index (χ2n) is 5.09. The van der Waals surface area contributed by atoms with Gasteiger partial charge in [0.15, 0.2) is 0 Å². The lowest BCUT2D eigenvalue weighted by Gasteiger charge is -2.17. The van der Waals surface area contributed by atoms with Crippen molar-refractivity contribution in [1.82, 2.24) is 0 Å². The molecule has 0 aromatic rings. The minimum atomic E-state index is -0.178. The zero-order chi connectivity index (χ0) is 14.1. The fraction of sp³-hybridized carbons (Fsp3) is 0.857. The van der Waals surface area contributed by atoms with Crippen molar-refractivity contribution < 1.29 is 19.1 Å². The van der Waals surface area contributed by atoms with Crippen molar-refractivity contribution in [2.45, 2.75) is 60.0 Å². The van der Waals surface area contributed by atoms with Crippen LogP contribution < -0.4 is 0 Å². The molecule has 0 aromatic carbocycles. The minimum Gasteiger partial charge on any atom is -0.465 e. The summed E-state index contributed by atoms with van der Waals surface area (Å²) in [6, 6.07) is 0.